The summed E-state index contributed by atoms with van der Waals surface area (Å²) in [6.45, 7) is 3.99. The van der Waals surface area contributed by atoms with E-state index >= 15 is 0 Å². The molecule has 1 saturated heterocycles. The first kappa shape index (κ1) is 20.0. The molecule has 154 valence electrons. The molecule has 0 aliphatic carbocycles. The Morgan fingerprint density at radius 3 is 2.53 bits per heavy atom. The molecule has 0 aromatic heterocycles. The SMILES string of the molecule is CC(C)c1ccc(NC(=O)CN2N=N[C@@H]3C(=O)N(c4cccc(Cl)c4)C(=O)[C@@H]32)cc1. The van der Waals surface area contributed by atoms with Crippen LogP contribution in [0.1, 0.15) is 25.3 Å². The van der Waals surface area contributed by atoms with Crippen molar-refractivity contribution < 1.29 is 14.4 Å². The van der Waals surface area contributed by atoms with Gasteiger partial charge in [0.1, 0.15) is 6.54 Å². The Morgan fingerprint density at radius 2 is 1.87 bits per heavy atom. The molecule has 2 aliphatic rings. The fourth-order valence-corrected chi connectivity index (χ4v) is 3.71. The van der Waals surface area contributed by atoms with E-state index in [4.69, 9.17) is 11.6 Å². The minimum atomic E-state index is -0.963. The second-order valence-corrected chi connectivity index (χ2v) is 7.95. The molecule has 2 atom stereocenters. The first-order valence-corrected chi connectivity index (χ1v) is 9.93. The average Bonchev–Trinajstić information content (AvgIpc) is 3.22. The molecule has 2 aromatic rings. The molecule has 4 rings (SSSR count). The van der Waals surface area contributed by atoms with Crippen LogP contribution in [0.4, 0.5) is 11.4 Å². The number of imide groups is 1. The van der Waals surface area contributed by atoms with Gasteiger partial charge < -0.3 is 5.32 Å². The number of anilines is 2. The van der Waals surface area contributed by atoms with Crippen molar-refractivity contribution in [2.45, 2.75) is 31.8 Å². The van der Waals surface area contributed by atoms with Gasteiger partial charge in [-0.05, 0) is 41.8 Å². The zero-order chi connectivity index (χ0) is 21.4. The van der Waals surface area contributed by atoms with Gasteiger partial charge in [0, 0.05) is 10.7 Å². The van der Waals surface area contributed by atoms with Crippen LogP contribution in [0.3, 0.4) is 0 Å². The molecule has 9 heteroatoms. The molecular formula is C21H20ClN5O3. The number of benzene rings is 2. The lowest BCUT2D eigenvalue weighted by atomic mass is 10.0. The molecule has 8 nitrogen and oxygen atoms in total. The maximum Gasteiger partial charge on any atom is 0.263 e. The smallest absolute Gasteiger partial charge is 0.263 e. The Labute approximate surface area is 178 Å². The number of fused-ring (bicyclic) bond motifs is 1. The highest BCUT2D eigenvalue weighted by molar-refractivity contribution is 6.31. The summed E-state index contributed by atoms with van der Waals surface area (Å²) in [7, 11) is 0. The molecule has 0 spiro atoms. The fraction of sp³-hybridized carbons (Fsp3) is 0.286. The Hall–Kier alpha value is -3.26. The van der Waals surface area contributed by atoms with E-state index in [1.54, 1.807) is 18.2 Å². The van der Waals surface area contributed by atoms with Crippen LogP contribution < -0.4 is 10.2 Å². The second-order valence-electron chi connectivity index (χ2n) is 7.51. The number of hydrogen-bond donors (Lipinski definition) is 1. The number of carbonyl (C=O) groups is 3. The minimum Gasteiger partial charge on any atom is -0.324 e. The van der Waals surface area contributed by atoms with Crippen molar-refractivity contribution in [3.8, 4) is 0 Å². The highest BCUT2D eigenvalue weighted by atomic mass is 35.5. The molecule has 0 radical (unpaired) electrons. The van der Waals surface area contributed by atoms with E-state index in [0.29, 0.717) is 22.3 Å². The monoisotopic (exact) mass is 425 g/mol. The van der Waals surface area contributed by atoms with Crippen molar-refractivity contribution in [3.05, 3.63) is 59.1 Å². The molecular weight excluding hydrogens is 406 g/mol. The summed E-state index contributed by atoms with van der Waals surface area (Å²) in [6, 6.07) is 12.1. The molecule has 30 heavy (non-hydrogen) atoms. The zero-order valence-corrected chi connectivity index (χ0v) is 17.2. The number of rotatable bonds is 5. The molecule has 0 unspecified atom stereocenters. The number of nitrogens with one attached hydrogen (secondary N) is 1. The highest BCUT2D eigenvalue weighted by Gasteiger charge is 2.55. The van der Waals surface area contributed by atoms with Gasteiger partial charge in [-0.1, -0.05) is 48.9 Å². The Morgan fingerprint density at radius 1 is 1.13 bits per heavy atom. The lowest BCUT2D eigenvalue weighted by Crippen LogP contribution is -2.43. The van der Waals surface area contributed by atoms with Crippen LogP contribution in [0.15, 0.2) is 58.9 Å². The molecule has 1 fully saturated rings. The number of carbonyl (C=O) groups excluding carboxylic acids is 3. The third kappa shape index (κ3) is 3.66. The normalized spacial score (nSPS) is 20.3. The van der Waals surface area contributed by atoms with Gasteiger partial charge in [-0.25, -0.2) is 4.90 Å². The summed E-state index contributed by atoms with van der Waals surface area (Å²) < 4.78 is 0. The summed E-state index contributed by atoms with van der Waals surface area (Å²) in [5.74, 6) is -0.923. The van der Waals surface area contributed by atoms with Crippen LogP contribution in [0.5, 0.6) is 0 Å². The summed E-state index contributed by atoms with van der Waals surface area (Å²) in [5.41, 5.74) is 2.18. The van der Waals surface area contributed by atoms with E-state index in [-0.39, 0.29) is 12.5 Å². The largest absolute Gasteiger partial charge is 0.324 e. The van der Waals surface area contributed by atoms with Gasteiger partial charge in [-0.15, -0.1) is 0 Å². The molecule has 2 heterocycles. The van der Waals surface area contributed by atoms with Gasteiger partial charge in [0.05, 0.1) is 5.69 Å². The van der Waals surface area contributed by atoms with E-state index in [2.05, 4.69) is 29.5 Å². The summed E-state index contributed by atoms with van der Waals surface area (Å²) in [5, 5.41) is 12.3. The maximum absolute atomic E-state index is 12.9. The third-order valence-electron chi connectivity index (χ3n) is 5.09. The molecule has 3 amide bonds. The molecule has 2 aliphatic heterocycles. The van der Waals surface area contributed by atoms with Crippen molar-refractivity contribution >= 4 is 40.7 Å². The van der Waals surface area contributed by atoms with Crippen molar-refractivity contribution in [1.82, 2.24) is 5.01 Å². The number of halogens is 1. The first-order chi connectivity index (χ1) is 14.3. The topological polar surface area (TPSA) is 94.4 Å². The lowest BCUT2D eigenvalue weighted by molar-refractivity contribution is -0.123. The number of amides is 3. The Kier molecular flexibility index (Phi) is 5.26. The molecule has 0 bridgehead atoms. The van der Waals surface area contributed by atoms with Crippen LogP contribution >= 0.6 is 11.6 Å². The van der Waals surface area contributed by atoms with E-state index < -0.39 is 23.9 Å². The molecule has 1 N–H and O–H groups in total. The summed E-state index contributed by atoms with van der Waals surface area (Å²) in [4.78, 5) is 39.2. The van der Waals surface area contributed by atoms with E-state index in [1.165, 1.54) is 16.6 Å². The number of hydrogen-bond acceptors (Lipinski definition) is 6. The van der Waals surface area contributed by atoms with E-state index in [1.807, 2.05) is 24.3 Å². The predicted molar refractivity (Wildman–Crippen MR) is 112 cm³/mol. The maximum atomic E-state index is 12.9. The quantitative estimate of drug-likeness (QED) is 0.743. The third-order valence-corrected chi connectivity index (χ3v) is 5.33. The van der Waals surface area contributed by atoms with Gasteiger partial charge in [-0.2, -0.15) is 5.11 Å². The van der Waals surface area contributed by atoms with E-state index in [0.717, 1.165) is 4.90 Å². The van der Waals surface area contributed by atoms with Crippen LogP contribution in [0, 0.1) is 0 Å². The molecule has 2 aromatic carbocycles. The Bertz CT molecular complexity index is 1040. The van der Waals surface area contributed by atoms with Crippen molar-refractivity contribution in [2.75, 3.05) is 16.8 Å². The van der Waals surface area contributed by atoms with Gasteiger partial charge in [-0.3, -0.25) is 19.4 Å². The van der Waals surface area contributed by atoms with E-state index in [9.17, 15) is 14.4 Å². The van der Waals surface area contributed by atoms with Gasteiger partial charge in [0.2, 0.25) is 5.91 Å². The van der Waals surface area contributed by atoms with Gasteiger partial charge in [0.25, 0.3) is 11.8 Å². The standard InChI is InChI=1S/C21H20ClN5O3/c1-12(2)13-6-8-15(9-7-13)23-17(28)11-26-19-18(24-25-26)20(29)27(21(19)30)16-5-3-4-14(22)10-16/h3-10,12,18-19H,11H2,1-2H3,(H,23,28)/t18-,19+/m0/s1. The van der Waals surface area contributed by atoms with Gasteiger partial charge >= 0.3 is 0 Å². The summed E-state index contributed by atoms with van der Waals surface area (Å²) in [6.07, 6.45) is 0. The highest BCUT2D eigenvalue weighted by Crippen LogP contribution is 2.32. The van der Waals surface area contributed by atoms with Crippen LogP contribution in [-0.2, 0) is 14.4 Å². The second kappa shape index (κ2) is 7.87. The number of nitrogens with zero attached hydrogens (tertiary/aromatic N) is 4. The lowest BCUT2D eigenvalue weighted by Gasteiger charge is -2.20. The van der Waals surface area contributed by atoms with Crippen LogP contribution in [0.25, 0.3) is 0 Å². The molecule has 0 saturated carbocycles. The summed E-state index contributed by atoms with van der Waals surface area (Å²) >= 11 is 5.99. The Balaban J connectivity index is 1.45. The minimum absolute atomic E-state index is 0.195. The zero-order valence-electron chi connectivity index (χ0n) is 16.4. The van der Waals surface area contributed by atoms with Crippen molar-refractivity contribution in [1.29, 1.82) is 0 Å². The predicted octanol–water partition coefficient (Wildman–Crippen LogP) is 3.40. The fourth-order valence-electron chi connectivity index (χ4n) is 3.52. The van der Waals surface area contributed by atoms with Crippen LogP contribution in [-0.4, -0.2) is 41.4 Å². The van der Waals surface area contributed by atoms with Gasteiger partial charge in [0.15, 0.2) is 12.1 Å². The average molecular weight is 426 g/mol. The van der Waals surface area contributed by atoms with Crippen LogP contribution in [0.2, 0.25) is 5.02 Å². The van der Waals surface area contributed by atoms with Crippen molar-refractivity contribution in [2.24, 2.45) is 10.3 Å². The van der Waals surface area contributed by atoms with Crippen molar-refractivity contribution in [3.63, 3.8) is 0 Å². The first-order valence-electron chi connectivity index (χ1n) is 9.56.